The quantitative estimate of drug-likeness (QED) is 0.838. The van der Waals surface area contributed by atoms with Gasteiger partial charge in [0.1, 0.15) is 6.04 Å². The number of amides is 1. The van der Waals surface area contributed by atoms with Gasteiger partial charge in [-0.05, 0) is 31.0 Å². The molecular weight excluding hydrogens is 336 g/mol. The van der Waals surface area contributed by atoms with Crippen molar-refractivity contribution in [3.8, 4) is 0 Å². The van der Waals surface area contributed by atoms with Crippen LogP contribution in [-0.2, 0) is 9.53 Å². The van der Waals surface area contributed by atoms with Crippen molar-refractivity contribution in [2.45, 2.75) is 24.9 Å². The van der Waals surface area contributed by atoms with Gasteiger partial charge in [0.05, 0.1) is 13.2 Å². The highest BCUT2D eigenvalue weighted by Gasteiger charge is 2.34. The maximum absolute atomic E-state index is 12.4. The fourth-order valence-corrected chi connectivity index (χ4v) is 2.85. The highest BCUT2D eigenvalue weighted by Crippen LogP contribution is 2.28. The van der Waals surface area contributed by atoms with Crippen LogP contribution in [0.3, 0.4) is 0 Å². The van der Waals surface area contributed by atoms with Crippen LogP contribution in [0.1, 0.15) is 23.2 Å². The Bertz CT molecular complexity index is 560. The molecule has 1 atom stereocenters. The minimum atomic E-state index is -0.382. The molecule has 1 aromatic carbocycles. The molecule has 21 heavy (non-hydrogen) atoms. The third-order valence-electron chi connectivity index (χ3n) is 3.78. The number of morpholine rings is 1. The summed E-state index contributed by atoms with van der Waals surface area (Å²) in [5.41, 5.74) is 1.36. The average Bonchev–Trinajstić information content (AvgIpc) is 3.31. The Morgan fingerprint density at radius 2 is 2.24 bits per heavy atom. The van der Waals surface area contributed by atoms with Crippen LogP contribution in [0, 0.1) is 0 Å². The molecule has 0 aromatic heterocycles. The van der Waals surface area contributed by atoms with Crippen molar-refractivity contribution in [1.82, 2.24) is 5.32 Å². The van der Waals surface area contributed by atoms with Gasteiger partial charge in [-0.3, -0.25) is 9.59 Å². The zero-order chi connectivity index (χ0) is 14.8. The number of rotatable bonds is 4. The average molecular weight is 353 g/mol. The zero-order valence-electron chi connectivity index (χ0n) is 11.5. The Hall–Kier alpha value is -1.40. The summed E-state index contributed by atoms with van der Waals surface area (Å²) in [6.07, 6.45) is 2.93. The molecule has 1 aromatic rings. The van der Waals surface area contributed by atoms with Crippen LogP contribution < -0.4 is 10.2 Å². The minimum Gasteiger partial charge on any atom is -0.377 e. The van der Waals surface area contributed by atoms with Gasteiger partial charge in [-0.1, -0.05) is 15.9 Å². The normalized spacial score (nSPS) is 22.0. The van der Waals surface area contributed by atoms with Crippen LogP contribution >= 0.6 is 15.9 Å². The highest BCUT2D eigenvalue weighted by molar-refractivity contribution is 9.10. The van der Waals surface area contributed by atoms with Crippen molar-refractivity contribution in [3.63, 3.8) is 0 Å². The largest absolute Gasteiger partial charge is 0.377 e. The van der Waals surface area contributed by atoms with E-state index in [1.807, 2.05) is 17.0 Å². The number of benzene rings is 1. The van der Waals surface area contributed by atoms with Gasteiger partial charge in [0.15, 0.2) is 6.29 Å². The summed E-state index contributed by atoms with van der Waals surface area (Å²) < 4.78 is 6.34. The van der Waals surface area contributed by atoms with Crippen molar-refractivity contribution < 1.29 is 14.3 Å². The lowest BCUT2D eigenvalue weighted by atomic mass is 10.1. The Kier molecular flexibility index (Phi) is 4.26. The molecule has 2 fully saturated rings. The van der Waals surface area contributed by atoms with Gasteiger partial charge in [-0.25, -0.2) is 0 Å². The molecule has 112 valence electrons. The predicted molar refractivity (Wildman–Crippen MR) is 82.6 cm³/mol. The molecule has 3 rings (SSSR count). The topological polar surface area (TPSA) is 58.6 Å². The van der Waals surface area contributed by atoms with E-state index in [0.29, 0.717) is 31.4 Å². The summed E-state index contributed by atoms with van der Waals surface area (Å²) >= 11 is 3.42. The van der Waals surface area contributed by atoms with E-state index in [9.17, 15) is 9.59 Å². The number of anilines is 1. The molecule has 1 aliphatic heterocycles. The molecule has 6 heteroatoms. The first-order valence-corrected chi connectivity index (χ1v) is 7.88. The van der Waals surface area contributed by atoms with E-state index in [1.165, 1.54) is 0 Å². The second kappa shape index (κ2) is 6.15. The second-order valence-electron chi connectivity index (χ2n) is 5.39. The van der Waals surface area contributed by atoms with Crippen LogP contribution in [0.15, 0.2) is 22.7 Å². The van der Waals surface area contributed by atoms with Crippen LogP contribution in [-0.4, -0.2) is 44.0 Å². The number of halogens is 1. The molecule has 1 amide bonds. The number of carbonyl (C=O) groups excluding carboxylic acids is 2. The van der Waals surface area contributed by atoms with Crippen molar-refractivity contribution in [2.75, 3.05) is 24.7 Å². The highest BCUT2D eigenvalue weighted by atomic mass is 79.9. The molecule has 1 heterocycles. The van der Waals surface area contributed by atoms with E-state index in [-0.39, 0.29) is 11.9 Å². The van der Waals surface area contributed by atoms with Crippen LogP contribution in [0.2, 0.25) is 0 Å². The summed E-state index contributed by atoms with van der Waals surface area (Å²) in [5.74, 6) is -0.0194. The maximum atomic E-state index is 12.4. The van der Waals surface area contributed by atoms with Crippen molar-refractivity contribution in [3.05, 3.63) is 28.2 Å². The number of hydrogen-bond donors (Lipinski definition) is 1. The van der Waals surface area contributed by atoms with Crippen molar-refractivity contribution >= 4 is 33.8 Å². The first-order valence-electron chi connectivity index (χ1n) is 7.08. The number of nitrogens with zero attached hydrogens (tertiary/aromatic N) is 1. The third kappa shape index (κ3) is 3.27. The molecule has 0 spiro atoms. The molecule has 5 nitrogen and oxygen atoms in total. The smallest absolute Gasteiger partial charge is 0.245 e. The number of carbonyl (C=O) groups is 2. The first kappa shape index (κ1) is 14.5. The van der Waals surface area contributed by atoms with E-state index in [0.717, 1.165) is 29.3 Å². The van der Waals surface area contributed by atoms with Gasteiger partial charge in [-0.2, -0.15) is 0 Å². The number of ether oxygens (including phenoxy) is 1. The molecule has 0 radical (unpaired) electrons. The summed E-state index contributed by atoms with van der Waals surface area (Å²) in [7, 11) is 0. The fourth-order valence-electron chi connectivity index (χ4n) is 2.50. The Labute approximate surface area is 131 Å². The standard InChI is InChI=1S/C15H17BrN2O3/c16-11-2-1-10(8-19)13(7-11)18-5-6-21-9-14(18)15(20)17-12-3-4-12/h1-2,7-8,12,14H,3-6,9H2,(H,17,20). The van der Waals surface area contributed by atoms with Crippen LogP contribution in [0.5, 0.6) is 0 Å². The summed E-state index contributed by atoms with van der Waals surface area (Å²) in [4.78, 5) is 25.6. The van der Waals surface area contributed by atoms with Gasteiger partial charge >= 0.3 is 0 Å². The summed E-state index contributed by atoms with van der Waals surface area (Å²) in [5, 5.41) is 3.01. The SMILES string of the molecule is O=Cc1ccc(Br)cc1N1CCOCC1C(=O)NC1CC1. The van der Waals surface area contributed by atoms with Gasteiger partial charge < -0.3 is 15.0 Å². The van der Waals surface area contributed by atoms with Gasteiger partial charge in [0, 0.05) is 28.3 Å². The van der Waals surface area contributed by atoms with Gasteiger partial charge in [0.25, 0.3) is 0 Å². The number of nitrogens with one attached hydrogen (secondary N) is 1. The zero-order valence-corrected chi connectivity index (χ0v) is 13.1. The number of aldehydes is 1. The molecule has 1 aliphatic carbocycles. The van der Waals surface area contributed by atoms with E-state index in [1.54, 1.807) is 6.07 Å². The molecule has 1 unspecified atom stereocenters. The Balaban J connectivity index is 1.87. The fraction of sp³-hybridized carbons (Fsp3) is 0.467. The minimum absolute atomic E-state index is 0.0194. The number of hydrogen-bond acceptors (Lipinski definition) is 4. The molecule has 1 saturated carbocycles. The molecule has 2 aliphatic rings. The monoisotopic (exact) mass is 352 g/mol. The van der Waals surface area contributed by atoms with E-state index in [2.05, 4.69) is 21.2 Å². The van der Waals surface area contributed by atoms with Gasteiger partial charge in [0.2, 0.25) is 5.91 Å². The predicted octanol–water partition coefficient (Wildman–Crippen LogP) is 1.75. The lowest BCUT2D eigenvalue weighted by Crippen LogP contribution is -2.54. The first-order chi connectivity index (χ1) is 10.2. The second-order valence-corrected chi connectivity index (χ2v) is 6.30. The van der Waals surface area contributed by atoms with Crippen molar-refractivity contribution in [1.29, 1.82) is 0 Å². The van der Waals surface area contributed by atoms with E-state index in [4.69, 9.17) is 4.74 Å². The molecule has 0 bridgehead atoms. The summed E-state index contributed by atoms with van der Waals surface area (Å²) in [6, 6.07) is 5.40. The molecule has 1 saturated heterocycles. The Morgan fingerprint density at radius 1 is 1.43 bits per heavy atom. The van der Waals surface area contributed by atoms with Crippen LogP contribution in [0.25, 0.3) is 0 Å². The molecule has 1 N–H and O–H groups in total. The van der Waals surface area contributed by atoms with Crippen LogP contribution in [0.4, 0.5) is 5.69 Å². The lowest BCUT2D eigenvalue weighted by molar-refractivity contribution is -0.124. The van der Waals surface area contributed by atoms with E-state index >= 15 is 0 Å². The van der Waals surface area contributed by atoms with Gasteiger partial charge in [-0.15, -0.1) is 0 Å². The maximum Gasteiger partial charge on any atom is 0.245 e. The third-order valence-corrected chi connectivity index (χ3v) is 4.28. The molecular formula is C15H17BrN2O3. The van der Waals surface area contributed by atoms with Crippen molar-refractivity contribution in [2.24, 2.45) is 0 Å². The summed E-state index contributed by atoms with van der Waals surface area (Å²) in [6.45, 7) is 1.50. The Morgan fingerprint density at radius 3 is 2.95 bits per heavy atom. The van der Waals surface area contributed by atoms with E-state index < -0.39 is 0 Å². The lowest BCUT2D eigenvalue weighted by Gasteiger charge is -2.37.